The molecule has 0 fully saturated rings. The summed E-state index contributed by atoms with van der Waals surface area (Å²) in [7, 11) is -3.15. The van der Waals surface area contributed by atoms with Crippen LogP contribution < -0.4 is 5.32 Å². The van der Waals surface area contributed by atoms with Gasteiger partial charge < -0.3 is 5.32 Å². The summed E-state index contributed by atoms with van der Waals surface area (Å²) in [5, 5.41) is 2.22. The lowest BCUT2D eigenvalue weighted by Gasteiger charge is -2.06. The SMILES string of the molecule is CCS(=O)(=O)CCNC(=O)c1cc(F)cnc1Cl. The van der Waals surface area contributed by atoms with Crippen LogP contribution in [0.25, 0.3) is 0 Å². The number of carbonyl (C=O) groups is 1. The molecule has 1 rings (SSSR count). The molecule has 0 bridgehead atoms. The van der Waals surface area contributed by atoms with E-state index in [1.54, 1.807) is 0 Å². The third kappa shape index (κ3) is 4.23. The van der Waals surface area contributed by atoms with Gasteiger partial charge >= 0.3 is 0 Å². The lowest BCUT2D eigenvalue weighted by molar-refractivity contribution is 0.0955. The maximum atomic E-state index is 12.9. The van der Waals surface area contributed by atoms with Gasteiger partial charge in [-0.05, 0) is 6.07 Å². The molecular weight excluding hydrogens is 283 g/mol. The summed E-state index contributed by atoms with van der Waals surface area (Å²) in [5.74, 6) is -1.51. The molecule has 0 unspecified atom stereocenters. The standard InChI is InChI=1S/C10H12ClFN2O3S/c1-2-18(16,17)4-3-13-10(15)8-5-7(12)6-14-9(8)11/h5-6H,2-4H2,1H3,(H,13,15). The van der Waals surface area contributed by atoms with Gasteiger partial charge in [-0.1, -0.05) is 18.5 Å². The lowest BCUT2D eigenvalue weighted by Crippen LogP contribution is -2.30. The second kappa shape index (κ2) is 6.10. The Hall–Kier alpha value is -1.21. The summed E-state index contributed by atoms with van der Waals surface area (Å²) in [4.78, 5) is 15.1. The molecule has 0 spiro atoms. The van der Waals surface area contributed by atoms with Gasteiger partial charge in [-0.15, -0.1) is 0 Å². The van der Waals surface area contributed by atoms with E-state index in [2.05, 4.69) is 10.3 Å². The molecule has 0 atom stereocenters. The van der Waals surface area contributed by atoms with Gasteiger partial charge in [-0.25, -0.2) is 17.8 Å². The molecule has 18 heavy (non-hydrogen) atoms. The van der Waals surface area contributed by atoms with Crippen LogP contribution in [0, 0.1) is 5.82 Å². The average molecular weight is 295 g/mol. The van der Waals surface area contributed by atoms with E-state index in [1.165, 1.54) is 6.92 Å². The van der Waals surface area contributed by atoms with Crippen LogP contribution in [-0.2, 0) is 9.84 Å². The molecule has 0 radical (unpaired) electrons. The Morgan fingerprint density at radius 1 is 1.56 bits per heavy atom. The summed E-state index contributed by atoms with van der Waals surface area (Å²) >= 11 is 5.63. The van der Waals surface area contributed by atoms with Crippen molar-refractivity contribution in [1.29, 1.82) is 0 Å². The topological polar surface area (TPSA) is 76.1 Å². The number of hydrogen-bond donors (Lipinski definition) is 1. The number of amides is 1. The average Bonchev–Trinajstić information content (AvgIpc) is 2.32. The summed E-state index contributed by atoms with van der Waals surface area (Å²) in [6.45, 7) is 1.46. The van der Waals surface area contributed by atoms with Gasteiger partial charge in [0.1, 0.15) is 11.0 Å². The maximum absolute atomic E-state index is 12.9. The van der Waals surface area contributed by atoms with Crippen molar-refractivity contribution in [2.75, 3.05) is 18.1 Å². The van der Waals surface area contributed by atoms with Crippen molar-refractivity contribution in [3.05, 3.63) is 28.8 Å². The van der Waals surface area contributed by atoms with Gasteiger partial charge in [0.05, 0.1) is 17.5 Å². The smallest absolute Gasteiger partial charge is 0.254 e. The third-order valence-corrected chi connectivity index (χ3v) is 4.20. The quantitative estimate of drug-likeness (QED) is 0.823. The van der Waals surface area contributed by atoms with Gasteiger partial charge in [-0.3, -0.25) is 4.79 Å². The third-order valence-electron chi connectivity index (χ3n) is 2.19. The number of halogens is 2. The Balaban J connectivity index is 2.64. The molecule has 100 valence electrons. The van der Waals surface area contributed by atoms with E-state index in [4.69, 9.17) is 11.6 Å². The summed E-state index contributed by atoms with van der Waals surface area (Å²) < 4.78 is 35.3. The fourth-order valence-corrected chi connectivity index (χ4v) is 2.03. The second-order valence-electron chi connectivity index (χ2n) is 3.48. The van der Waals surface area contributed by atoms with E-state index in [1.807, 2.05) is 0 Å². The Morgan fingerprint density at radius 3 is 2.83 bits per heavy atom. The van der Waals surface area contributed by atoms with Gasteiger partial charge in [0.25, 0.3) is 5.91 Å². The van der Waals surface area contributed by atoms with Crippen molar-refractivity contribution in [3.63, 3.8) is 0 Å². The first kappa shape index (κ1) is 14.8. The van der Waals surface area contributed by atoms with E-state index in [0.29, 0.717) is 0 Å². The number of aromatic nitrogens is 1. The number of sulfone groups is 1. The lowest BCUT2D eigenvalue weighted by atomic mass is 10.2. The Bertz CT molecular complexity index is 548. The highest BCUT2D eigenvalue weighted by molar-refractivity contribution is 7.91. The van der Waals surface area contributed by atoms with Crippen molar-refractivity contribution in [2.45, 2.75) is 6.92 Å². The molecule has 1 N–H and O–H groups in total. The number of nitrogens with one attached hydrogen (secondary N) is 1. The zero-order chi connectivity index (χ0) is 13.8. The maximum Gasteiger partial charge on any atom is 0.254 e. The monoisotopic (exact) mass is 294 g/mol. The van der Waals surface area contributed by atoms with Gasteiger partial charge in [-0.2, -0.15) is 0 Å². The van der Waals surface area contributed by atoms with Crippen LogP contribution in [0.15, 0.2) is 12.3 Å². The molecule has 1 aromatic heterocycles. The Kier molecular flexibility index (Phi) is 5.03. The van der Waals surface area contributed by atoms with Crippen molar-refractivity contribution >= 4 is 27.3 Å². The van der Waals surface area contributed by atoms with Crippen molar-refractivity contribution in [3.8, 4) is 0 Å². The zero-order valence-corrected chi connectivity index (χ0v) is 11.2. The molecule has 1 heterocycles. The normalized spacial score (nSPS) is 11.3. The zero-order valence-electron chi connectivity index (χ0n) is 9.61. The van der Waals surface area contributed by atoms with Crippen LogP contribution in [-0.4, -0.2) is 37.4 Å². The van der Waals surface area contributed by atoms with E-state index >= 15 is 0 Å². The van der Waals surface area contributed by atoms with E-state index in [-0.39, 0.29) is 28.8 Å². The van der Waals surface area contributed by atoms with Crippen molar-refractivity contribution < 1.29 is 17.6 Å². The molecule has 0 aliphatic carbocycles. The second-order valence-corrected chi connectivity index (χ2v) is 6.31. The van der Waals surface area contributed by atoms with Gasteiger partial charge in [0, 0.05) is 12.3 Å². The summed E-state index contributed by atoms with van der Waals surface area (Å²) in [6.07, 6.45) is 0.890. The largest absolute Gasteiger partial charge is 0.351 e. The fraction of sp³-hybridized carbons (Fsp3) is 0.400. The number of pyridine rings is 1. The van der Waals surface area contributed by atoms with Crippen molar-refractivity contribution in [1.82, 2.24) is 10.3 Å². The molecule has 8 heteroatoms. The first-order valence-corrected chi connectivity index (χ1v) is 7.35. The highest BCUT2D eigenvalue weighted by atomic mass is 35.5. The molecule has 5 nitrogen and oxygen atoms in total. The minimum atomic E-state index is -3.15. The molecule has 0 saturated heterocycles. The summed E-state index contributed by atoms with van der Waals surface area (Å²) in [6, 6.07) is 0.943. The molecule has 0 saturated carbocycles. The van der Waals surface area contributed by atoms with E-state index < -0.39 is 21.6 Å². The number of nitrogens with zero attached hydrogens (tertiary/aromatic N) is 1. The van der Waals surface area contributed by atoms with Crippen LogP contribution in [0.3, 0.4) is 0 Å². The van der Waals surface area contributed by atoms with E-state index in [9.17, 15) is 17.6 Å². The number of rotatable bonds is 5. The minimum Gasteiger partial charge on any atom is -0.351 e. The van der Waals surface area contributed by atoms with Crippen molar-refractivity contribution in [2.24, 2.45) is 0 Å². The first-order chi connectivity index (χ1) is 8.35. The first-order valence-electron chi connectivity index (χ1n) is 5.15. The molecule has 0 aliphatic rings. The number of carbonyl (C=O) groups excluding carboxylic acids is 1. The Morgan fingerprint density at radius 2 is 2.22 bits per heavy atom. The highest BCUT2D eigenvalue weighted by Crippen LogP contribution is 2.13. The summed E-state index contributed by atoms with van der Waals surface area (Å²) in [5.41, 5.74) is -0.120. The van der Waals surface area contributed by atoms with Crippen LogP contribution in [0.5, 0.6) is 0 Å². The molecule has 0 aliphatic heterocycles. The molecular formula is C10H12ClFN2O3S. The predicted octanol–water partition coefficient (Wildman–Crippen LogP) is 1.04. The van der Waals surface area contributed by atoms with Crippen LogP contribution in [0.4, 0.5) is 4.39 Å². The molecule has 1 aromatic rings. The predicted molar refractivity (Wildman–Crippen MR) is 65.9 cm³/mol. The van der Waals surface area contributed by atoms with Crippen LogP contribution >= 0.6 is 11.6 Å². The van der Waals surface area contributed by atoms with Crippen LogP contribution in [0.2, 0.25) is 5.15 Å². The van der Waals surface area contributed by atoms with Crippen LogP contribution in [0.1, 0.15) is 17.3 Å². The minimum absolute atomic E-state index is 0.00511. The molecule has 0 aromatic carbocycles. The highest BCUT2D eigenvalue weighted by Gasteiger charge is 2.14. The number of hydrogen-bond acceptors (Lipinski definition) is 4. The fourth-order valence-electron chi connectivity index (χ4n) is 1.14. The molecule has 1 amide bonds. The van der Waals surface area contributed by atoms with Gasteiger partial charge in [0.2, 0.25) is 0 Å². The van der Waals surface area contributed by atoms with E-state index in [0.717, 1.165) is 12.3 Å². The van der Waals surface area contributed by atoms with Gasteiger partial charge in [0.15, 0.2) is 9.84 Å². The Labute approximate surface area is 109 Å².